The number of aliphatic hydroxyl groups excluding tert-OH is 1. The molecule has 18 heavy (non-hydrogen) atoms. The summed E-state index contributed by atoms with van der Waals surface area (Å²) in [5.74, 6) is -4.33. The van der Waals surface area contributed by atoms with Crippen LogP contribution in [-0.4, -0.2) is 42.9 Å². The molecule has 0 saturated heterocycles. The van der Waals surface area contributed by atoms with Gasteiger partial charge < -0.3 is 9.84 Å². The fourth-order valence-electron chi connectivity index (χ4n) is 1.02. The highest BCUT2D eigenvalue weighted by atomic mass is 19.4. The minimum atomic E-state index is -4.36. The number of hydrogen-bond acceptors (Lipinski definition) is 2. The minimum Gasteiger partial charge on any atom is -0.391 e. The average molecular weight is 286 g/mol. The number of aliphatic hydroxyl groups is 1. The van der Waals surface area contributed by atoms with E-state index in [1.54, 1.807) is 0 Å². The van der Waals surface area contributed by atoms with Crippen LogP contribution >= 0.6 is 0 Å². The van der Waals surface area contributed by atoms with E-state index in [4.69, 9.17) is 5.11 Å². The molecule has 0 aromatic carbocycles. The molecule has 1 unspecified atom stereocenters. The average Bonchev–Trinajstić information content (AvgIpc) is 2.14. The monoisotopic (exact) mass is 286 g/mol. The lowest BCUT2D eigenvalue weighted by Gasteiger charge is -2.17. The van der Waals surface area contributed by atoms with Crippen molar-refractivity contribution in [1.82, 2.24) is 0 Å². The van der Waals surface area contributed by atoms with Crippen molar-refractivity contribution in [2.75, 3.05) is 13.2 Å². The van der Waals surface area contributed by atoms with Gasteiger partial charge in [0.15, 0.2) is 0 Å². The molecule has 1 N–H and O–H groups in total. The molecule has 0 bridgehead atoms. The molecule has 0 fully saturated rings. The summed E-state index contributed by atoms with van der Waals surface area (Å²) in [4.78, 5) is 0. The van der Waals surface area contributed by atoms with Gasteiger partial charge in [-0.05, 0) is 12.8 Å². The third kappa shape index (κ3) is 8.51. The quantitative estimate of drug-likeness (QED) is 0.695. The van der Waals surface area contributed by atoms with Crippen molar-refractivity contribution in [2.45, 2.75) is 43.9 Å². The highest BCUT2D eigenvalue weighted by Crippen LogP contribution is 2.24. The summed E-state index contributed by atoms with van der Waals surface area (Å²) in [6.45, 7) is -2.29. The molecule has 0 radical (unpaired) electrons. The highest BCUT2D eigenvalue weighted by molar-refractivity contribution is 4.68. The number of alkyl halides is 7. The zero-order valence-electron chi connectivity index (χ0n) is 9.19. The van der Waals surface area contributed by atoms with E-state index in [9.17, 15) is 30.7 Å². The normalized spacial score (nSPS) is 15.2. The smallest absolute Gasteiger partial charge is 0.389 e. The second-order valence-electron chi connectivity index (χ2n) is 3.74. The van der Waals surface area contributed by atoms with Crippen molar-refractivity contribution in [3.8, 4) is 0 Å². The maximum absolute atomic E-state index is 12.3. The van der Waals surface area contributed by atoms with Crippen LogP contribution in [-0.2, 0) is 4.74 Å². The van der Waals surface area contributed by atoms with Crippen molar-refractivity contribution in [3.63, 3.8) is 0 Å². The molecule has 0 amide bonds. The van der Waals surface area contributed by atoms with E-state index in [1.165, 1.54) is 0 Å². The predicted molar refractivity (Wildman–Crippen MR) is 47.7 cm³/mol. The largest absolute Gasteiger partial charge is 0.391 e. The predicted octanol–water partition coefficient (Wildman–Crippen LogP) is 3.00. The summed E-state index contributed by atoms with van der Waals surface area (Å²) in [5.41, 5.74) is 0. The van der Waals surface area contributed by atoms with Crippen LogP contribution in [0.4, 0.5) is 30.7 Å². The van der Waals surface area contributed by atoms with Gasteiger partial charge in [0.25, 0.3) is 0 Å². The minimum absolute atomic E-state index is 0.306. The molecule has 0 aliphatic rings. The van der Waals surface area contributed by atoms with Crippen LogP contribution in [0.3, 0.4) is 0 Å². The third-order valence-corrected chi connectivity index (χ3v) is 1.92. The Bertz CT molecular complexity index is 229. The van der Waals surface area contributed by atoms with E-state index in [0.717, 1.165) is 0 Å². The summed E-state index contributed by atoms with van der Waals surface area (Å²) in [6, 6.07) is 0. The van der Waals surface area contributed by atoms with E-state index in [2.05, 4.69) is 4.74 Å². The fraction of sp³-hybridized carbons (Fsp3) is 1.00. The molecule has 0 spiro atoms. The number of hydrogen-bond donors (Lipinski definition) is 1. The lowest BCUT2D eigenvalue weighted by Crippen LogP contribution is -2.33. The summed E-state index contributed by atoms with van der Waals surface area (Å²) in [6.07, 6.45) is -11.4. The second-order valence-corrected chi connectivity index (χ2v) is 3.74. The SMILES string of the molecule is OC(CCCC(F)(F)F)COCC(F)(F)C(F)F. The Labute approximate surface area is 98.7 Å². The van der Waals surface area contributed by atoms with E-state index in [0.29, 0.717) is 0 Å². The first-order valence-corrected chi connectivity index (χ1v) is 5.03. The first-order chi connectivity index (χ1) is 8.04. The number of rotatable bonds is 8. The van der Waals surface area contributed by atoms with Crippen molar-refractivity contribution < 1.29 is 40.6 Å². The molecule has 0 aliphatic carbocycles. The van der Waals surface area contributed by atoms with E-state index >= 15 is 0 Å². The molecule has 2 nitrogen and oxygen atoms in total. The molecule has 0 aromatic rings. The lowest BCUT2D eigenvalue weighted by atomic mass is 10.1. The topological polar surface area (TPSA) is 29.5 Å². The Morgan fingerprint density at radius 1 is 1.06 bits per heavy atom. The van der Waals surface area contributed by atoms with Crippen molar-refractivity contribution in [2.24, 2.45) is 0 Å². The summed E-state index contributed by atoms with van der Waals surface area (Å²) < 4.78 is 87.2. The Morgan fingerprint density at radius 2 is 1.61 bits per heavy atom. The molecule has 1 atom stereocenters. The molecule has 0 aromatic heterocycles. The Morgan fingerprint density at radius 3 is 2.06 bits per heavy atom. The van der Waals surface area contributed by atoms with Crippen molar-refractivity contribution in [3.05, 3.63) is 0 Å². The summed E-state index contributed by atoms with van der Waals surface area (Å²) in [5, 5.41) is 9.06. The van der Waals surface area contributed by atoms with Crippen LogP contribution in [0.15, 0.2) is 0 Å². The third-order valence-electron chi connectivity index (χ3n) is 1.92. The number of ether oxygens (including phenoxy) is 1. The van der Waals surface area contributed by atoms with E-state index in [-0.39, 0.29) is 12.8 Å². The van der Waals surface area contributed by atoms with Gasteiger partial charge in [0.2, 0.25) is 0 Å². The molecule has 0 rings (SSSR count). The first-order valence-electron chi connectivity index (χ1n) is 5.03. The molecular formula is C9H13F7O2. The Hall–Kier alpha value is -0.570. The maximum Gasteiger partial charge on any atom is 0.389 e. The maximum atomic E-state index is 12.3. The zero-order valence-corrected chi connectivity index (χ0v) is 9.19. The van der Waals surface area contributed by atoms with Crippen LogP contribution in [0, 0.1) is 0 Å². The zero-order chi connectivity index (χ0) is 14.4. The second kappa shape index (κ2) is 7.13. The first kappa shape index (κ1) is 17.4. The van der Waals surface area contributed by atoms with Gasteiger partial charge in [0, 0.05) is 6.42 Å². The van der Waals surface area contributed by atoms with Crippen LogP contribution in [0.25, 0.3) is 0 Å². The number of halogens is 7. The molecule has 9 heteroatoms. The van der Waals surface area contributed by atoms with Gasteiger partial charge in [-0.15, -0.1) is 0 Å². The molecule has 110 valence electrons. The summed E-state index contributed by atoms with van der Waals surface area (Å²) >= 11 is 0. The van der Waals surface area contributed by atoms with E-state index < -0.39 is 44.3 Å². The van der Waals surface area contributed by atoms with Gasteiger partial charge >= 0.3 is 18.5 Å². The van der Waals surface area contributed by atoms with Crippen LogP contribution in [0.1, 0.15) is 19.3 Å². The van der Waals surface area contributed by atoms with Crippen LogP contribution < -0.4 is 0 Å². The van der Waals surface area contributed by atoms with Gasteiger partial charge in [-0.25, -0.2) is 8.78 Å². The molecule has 0 aliphatic heterocycles. The van der Waals surface area contributed by atoms with Crippen LogP contribution in [0.2, 0.25) is 0 Å². The highest BCUT2D eigenvalue weighted by Gasteiger charge is 2.41. The standard InChI is InChI=1S/C9H13F7O2/c10-7(11)8(12,13)5-18-4-6(17)2-1-3-9(14,15)16/h6-7,17H,1-5H2. The van der Waals surface area contributed by atoms with Gasteiger partial charge in [-0.3, -0.25) is 0 Å². The lowest BCUT2D eigenvalue weighted by molar-refractivity contribution is -0.171. The van der Waals surface area contributed by atoms with E-state index in [1.807, 2.05) is 0 Å². The Kier molecular flexibility index (Phi) is 6.90. The van der Waals surface area contributed by atoms with Crippen molar-refractivity contribution in [1.29, 1.82) is 0 Å². The molecular weight excluding hydrogens is 273 g/mol. The van der Waals surface area contributed by atoms with Crippen LogP contribution in [0.5, 0.6) is 0 Å². The van der Waals surface area contributed by atoms with Gasteiger partial charge in [0.1, 0.15) is 6.61 Å². The fourth-order valence-corrected chi connectivity index (χ4v) is 1.02. The van der Waals surface area contributed by atoms with Gasteiger partial charge in [-0.2, -0.15) is 22.0 Å². The van der Waals surface area contributed by atoms with Gasteiger partial charge in [0.05, 0.1) is 12.7 Å². The molecule has 0 heterocycles. The molecule has 0 saturated carbocycles. The van der Waals surface area contributed by atoms with Gasteiger partial charge in [-0.1, -0.05) is 0 Å². The van der Waals surface area contributed by atoms with Crippen molar-refractivity contribution >= 4 is 0 Å². The summed E-state index contributed by atoms with van der Waals surface area (Å²) in [7, 11) is 0. The Balaban J connectivity index is 3.69.